The van der Waals surface area contributed by atoms with E-state index in [2.05, 4.69) is 0 Å². The van der Waals surface area contributed by atoms with Crippen molar-refractivity contribution in [1.29, 1.82) is 0 Å². The first-order valence-electron chi connectivity index (χ1n) is 3.61. The van der Waals surface area contributed by atoms with E-state index in [-0.39, 0.29) is 0 Å². The summed E-state index contributed by atoms with van der Waals surface area (Å²) < 4.78 is 16.2. The molecule has 4 heteroatoms. The van der Waals surface area contributed by atoms with Gasteiger partial charge in [-0.2, -0.15) is 0 Å². The maximum atomic E-state index is 10.9. The molecule has 1 unspecified atom stereocenters. The Kier molecular flexibility index (Phi) is 2.07. The van der Waals surface area contributed by atoms with E-state index in [1.807, 2.05) is 6.07 Å². The van der Waals surface area contributed by atoms with Crippen LogP contribution in [0, 0.1) is 0 Å². The van der Waals surface area contributed by atoms with Gasteiger partial charge < -0.3 is 4.74 Å². The van der Waals surface area contributed by atoms with Crippen molar-refractivity contribution < 1.29 is 8.95 Å². The molecule has 64 valence electrons. The van der Waals surface area contributed by atoms with Crippen LogP contribution in [0.3, 0.4) is 0 Å². The van der Waals surface area contributed by atoms with Crippen molar-refractivity contribution in [2.75, 3.05) is 6.61 Å². The highest BCUT2D eigenvalue weighted by Gasteiger charge is 2.13. The molecular weight excluding hydrogens is 196 g/mol. The minimum atomic E-state index is -1.43. The summed E-state index contributed by atoms with van der Waals surface area (Å²) in [6.07, 6.45) is 0.935. The van der Waals surface area contributed by atoms with Gasteiger partial charge in [0, 0.05) is 6.42 Å². The van der Waals surface area contributed by atoms with Gasteiger partial charge in [0.1, 0.15) is 15.8 Å². The fourth-order valence-corrected chi connectivity index (χ4v) is 1.91. The summed E-state index contributed by atoms with van der Waals surface area (Å²) in [5.74, 6) is 0.821. The van der Waals surface area contributed by atoms with E-state index in [9.17, 15) is 4.21 Å². The normalized spacial score (nSPS) is 16.8. The molecule has 0 radical (unpaired) electrons. The van der Waals surface area contributed by atoms with Crippen molar-refractivity contribution in [1.82, 2.24) is 0 Å². The monoisotopic (exact) mass is 202 g/mol. The number of hydrogen-bond donors (Lipinski definition) is 0. The molecule has 2 nitrogen and oxygen atoms in total. The third kappa shape index (κ3) is 1.34. The first-order chi connectivity index (χ1) is 5.77. The van der Waals surface area contributed by atoms with Gasteiger partial charge in [-0.1, -0.05) is 6.07 Å². The number of rotatable bonds is 1. The van der Waals surface area contributed by atoms with Gasteiger partial charge in [0.15, 0.2) is 0 Å². The minimum absolute atomic E-state index is 0.609. The highest BCUT2D eigenvalue weighted by molar-refractivity contribution is 8.08. The second-order valence-electron chi connectivity index (χ2n) is 2.59. The van der Waals surface area contributed by atoms with Crippen LogP contribution < -0.4 is 4.74 Å². The van der Waals surface area contributed by atoms with E-state index >= 15 is 0 Å². The molecule has 0 amide bonds. The molecule has 1 aliphatic rings. The number of ether oxygens (including phenoxy) is 1. The molecule has 0 bridgehead atoms. The first kappa shape index (κ1) is 8.08. The van der Waals surface area contributed by atoms with E-state index in [0.29, 0.717) is 11.5 Å². The summed E-state index contributed by atoms with van der Waals surface area (Å²) in [6, 6.07) is 5.43. The average molecular weight is 203 g/mol. The summed E-state index contributed by atoms with van der Waals surface area (Å²) >= 11 is 0. The highest BCUT2D eigenvalue weighted by Crippen LogP contribution is 2.27. The van der Waals surface area contributed by atoms with Crippen molar-refractivity contribution in [3.63, 3.8) is 0 Å². The number of hydrogen-bond acceptors (Lipinski definition) is 2. The molecule has 1 aromatic rings. The van der Waals surface area contributed by atoms with Crippen LogP contribution in [-0.2, 0) is 16.4 Å². The van der Waals surface area contributed by atoms with Gasteiger partial charge in [-0.15, -0.1) is 0 Å². The molecule has 0 N–H and O–H groups in total. The van der Waals surface area contributed by atoms with Crippen LogP contribution in [-0.4, -0.2) is 10.8 Å². The Hall–Kier alpha value is -0.540. The molecule has 1 aromatic carbocycles. The lowest BCUT2D eigenvalue weighted by Crippen LogP contribution is -1.86. The lowest BCUT2D eigenvalue weighted by atomic mass is 10.2. The molecule has 12 heavy (non-hydrogen) atoms. The van der Waals surface area contributed by atoms with Crippen molar-refractivity contribution in [3.8, 4) is 5.75 Å². The molecule has 0 aliphatic carbocycles. The summed E-state index contributed by atoms with van der Waals surface area (Å²) in [6.45, 7) is 0.716. The minimum Gasteiger partial charge on any atom is -0.493 e. The number of halogens is 1. The molecule has 1 aliphatic heterocycles. The Labute approximate surface area is 77.5 Å². The Morgan fingerprint density at radius 1 is 1.50 bits per heavy atom. The summed E-state index contributed by atoms with van der Waals surface area (Å²) in [4.78, 5) is 0.609. The molecule has 0 saturated heterocycles. The fourth-order valence-electron chi connectivity index (χ4n) is 1.25. The highest BCUT2D eigenvalue weighted by atomic mass is 35.7. The Morgan fingerprint density at radius 2 is 2.33 bits per heavy atom. The lowest BCUT2D eigenvalue weighted by Gasteiger charge is -1.99. The Bertz CT molecular complexity index is 338. The van der Waals surface area contributed by atoms with Gasteiger partial charge in [-0.3, -0.25) is 0 Å². The maximum Gasteiger partial charge on any atom is 0.147 e. The van der Waals surface area contributed by atoms with Crippen molar-refractivity contribution in [2.24, 2.45) is 0 Å². The lowest BCUT2D eigenvalue weighted by molar-refractivity contribution is 0.356. The molecule has 2 rings (SSSR count). The van der Waals surface area contributed by atoms with Crippen molar-refractivity contribution >= 4 is 20.7 Å². The molecular formula is C8H7ClO2S. The molecule has 1 heterocycles. The van der Waals surface area contributed by atoms with Gasteiger partial charge in [-0.25, -0.2) is 4.21 Å². The fraction of sp³-hybridized carbons (Fsp3) is 0.250. The Balaban J connectivity index is 2.45. The summed E-state index contributed by atoms with van der Waals surface area (Å²) in [7, 11) is 3.99. The molecule has 0 aromatic heterocycles. The molecule has 1 atom stereocenters. The first-order valence-corrected chi connectivity index (χ1v) is 5.59. The van der Waals surface area contributed by atoms with Gasteiger partial charge >= 0.3 is 0 Å². The second-order valence-corrected chi connectivity index (χ2v) is 4.35. The predicted octanol–water partition coefficient (Wildman–Crippen LogP) is 1.88. The van der Waals surface area contributed by atoms with Crippen LogP contribution >= 0.6 is 10.7 Å². The zero-order chi connectivity index (χ0) is 8.55. The zero-order valence-electron chi connectivity index (χ0n) is 6.25. The van der Waals surface area contributed by atoms with Crippen LogP contribution in [0.4, 0.5) is 0 Å². The Morgan fingerprint density at radius 3 is 3.08 bits per heavy atom. The van der Waals surface area contributed by atoms with Gasteiger partial charge in [0.05, 0.1) is 11.5 Å². The summed E-state index contributed by atoms with van der Waals surface area (Å²) in [5.41, 5.74) is 1.17. The van der Waals surface area contributed by atoms with Crippen LogP contribution in [0.25, 0.3) is 0 Å². The quantitative estimate of drug-likeness (QED) is 0.650. The SMILES string of the molecule is O=S(Cl)c1ccc2c(c1)OCC2. The van der Waals surface area contributed by atoms with E-state index in [1.54, 1.807) is 12.1 Å². The molecule has 0 saturated carbocycles. The van der Waals surface area contributed by atoms with E-state index in [0.717, 1.165) is 12.2 Å². The largest absolute Gasteiger partial charge is 0.493 e. The van der Waals surface area contributed by atoms with Crippen LogP contribution in [0.5, 0.6) is 5.75 Å². The maximum absolute atomic E-state index is 10.9. The number of fused-ring (bicyclic) bond motifs is 1. The standard InChI is InChI=1S/C8H7ClO2S/c9-12(10)7-2-1-6-3-4-11-8(6)5-7/h1-2,5H,3-4H2. The van der Waals surface area contributed by atoms with Crippen molar-refractivity contribution in [3.05, 3.63) is 23.8 Å². The third-order valence-corrected chi connectivity index (χ3v) is 3.01. The molecule has 0 fully saturated rings. The van der Waals surface area contributed by atoms with Gasteiger partial charge in [0.25, 0.3) is 0 Å². The predicted molar refractivity (Wildman–Crippen MR) is 47.9 cm³/mol. The van der Waals surface area contributed by atoms with Crippen LogP contribution in [0.1, 0.15) is 5.56 Å². The average Bonchev–Trinajstić information content (AvgIpc) is 2.49. The van der Waals surface area contributed by atoms with E-state index in [4.69, 9.17) is 15.4 Å². The molecule has 0 spiro atoms. The smallest absolute Gasteiger partial charge is 0.147 e. The van der Waals surface area contributed by atoms with Gasteiger partial charge in [-0.05, 0) is 28.4 Å². The summed E-state index contributed by atoms with van der Waals surface area (Å²) in [5, 5.41) is 0. The van der Waals surface area contributed by atoms with Gasteiger partial charge in [0.2, 0.25) is 0 Å². The topological polar surface area (TPSA) is 26.3 Å². The third-order valence-electron chi connectivity index (χ3n) is 1.85. The van der Waals surface area contributed by atoms with Crippen LogP contribution in [0.2, 0.25) is 0 Å². The van der Waals surface area contributed by atoms with E-state index in [1.165, 1.54) is 5.56 Å². The zero-order valence-corrected chi connectivity index (χ0v) is 7.82. The van der Waals surface area contributed by atoms with Crippen molar-refractivity contribution in [2.45, 2.75) is 11.3 Å². The van der Waals surface area contributed by atoms with Crippen LogP contribution in [0.15, 0.2) is 23.1 Å². The second kappa shape index (κ2) is 3.07. The number of benzene rings is 1. The van der Waals surface area contributed by atoms with E-state index < -0.39 is 10.0 Å².